The SMILES string of the molecule is CC(N)C(c1ccsc1)N(C)Cc1ccccc1F. The van der Waals surface area contributed by atoms with Crippen molar-refractivity contribution < 1.29 is 4.39 Å². The predicted molar refractivity (Wildman–Crippen MR) is 78.6 cm³/mol. The molecule has 2 aromatic rings. The van der Waals surface area contributed by atoms with Crippen molar-refractivity contribution in [3.05, 3.63) is 58.0 Å². The van der Waals surface area contributed by atoms with E-state index >= 15 is 0 Å². The zero-order valence-electron chi connectivity index (χ0n) is 11.2. The van der Waals surface area contributed by atoms with Gasteiger partial charge in [0.15, 0.2) is 0 Å². The van der Waals surface area contributed by atoms with Gasteiger partial charge in [-0.15, -0.1) is 0 Å². The minimum Gasteiger partial charge on any atom is -0.326 e. The molecule has 0 bridgehead atoms. The summed E-state index contributed by atoms with van der Waals surface area (Å²) in [6.45, 7) is 2.54. The molecule has 19 heavy (non-hydrogen) atoms. The lowest BCUT2D eigenvalue weighted by atomic mass is 10.0. The highest BCUT2D eigenvalue weighted by Gasteiger charge is 2.22. The van der Waals surface area contributed by atoms with Crippen LogP contribution in [0.15, 0.2) is 41.1 Å². The Morgan fingerprint density at radius 2 is 2.05 bits per heavy atom. The predicted octanol–water partition coefficient (Wildman–Crippen LogP) is 3.41. The molecule has 0 spiro atoms. The Hall–Kier alpha value is -1.23. The number of hydrogen-bond acceptors (Lipinski definition) is 3. The summed E-state index contributed by atoms with van der Waals surface area (Å²) < 4.78 is 13.7. The quantitative estimate of drug-likeness (QED) is 0.908. The number of nitrogens with zero attached hydrogens (tertiary/aromatic N) is 1. The highest BCUT2D eigenvalue weighted by Crippen LogP contribution is 2.26. The highest BCUT2D eigenvalue weighted by atomic mass is 32.1. The monoisotopic (exact) mass is 278 g/mol. The lowest BCUT2D eigenvalue weighted by Crippen LogP contribution is -2.36. The van der Waals surface area contributed by atoms with Crippen molar-refractivity contribution in [3.8, 4) is 0 Å². The Bertz CT molecular complexity index is 511. The molecule has 4 heteroatoms. The maximum Gasteiger partial charge on any atom is 0.127 e. The molecule has 1 aromatic heterocycles. The average molecular weight is 278 g/mol. The summed E-state index contributed by atoms with van der Waals surface area (Å²) in [6.07, 6.45) is 0. The molecule has 2 N–H and O–H groups in total. The summed E-state index contributed by atoms with van der Waals surface area (Å²) in [5.41, 5.74) is 7.98. The van der Waals surface area contributed by atoms with E-state index in [4.69, 9.17) is 5.73 Å². The Labute approximate surface area is 117 Å². The standard InChI is InChI=1S/C15H19FN2S/c1-11(17)15(13-7-8-19-10-13)18(2)9-12-5-3-4-6-14(12)16/h3-8,10-11,15H,9,17H2,1-2H3. The van der Waals surface area contributed by atoms with Gasteiger partial charge >= 0.3 is 0 Å². The summed E-state index contributed by atoms with van der Waals surface area (Å²) >= 11 is 1.66. The summed E-state index contributed by atoms with van der Waals surface area (Å²) in [6, 6.07) is 9.05. The summed E-state index contributed by atoms with van der Waals surface area (Å²) in [7, 11) is 1.98. The van der Waals surface area contributed by atoms with E-state index in [1.165, 1.54) is 11.6 Å². The fourth-order valence-corrected chi connectivity index (χ4v) is 3.09. The van der Waals surface area contributed by atoms with Crippen molar-refractivity contribution in [2.75, 3.05) is 7.05 Å². The Morgan fingerprint density at radius 1 is 1.32 bits per heavy atom. The van der Waals surface area contributed by atoms with Crippen LogP contribution >= 0.6 is 11.3 Å². The van der Waals surface area contributed by atoms with Gasteiger partial charge in [0, 0.05) is 18.2 Å². The number of hydrogen-bond donors (Lipinski definition) is 1. The number of likely N-dealkylation sites (N-methyl/N-ethyl adjacent to an activating group) is 1. The molecule has 2 nitrogen and oxygen atoms in total. The maximum absolute atomic E-state index is 13.7. The number of thiophene rings is 1. The molecule has 0 aliphatic rings. The van der Waals surface area contributed by atoms with Crippen LogP contribution in [0.1, 0.15) is 24.1 Å². The Kier molecular flexibility index (Phi) is 4.69. The fourth-order valence-electron chi connectivity index (χ4n) is 2.40. The Balaban J connectivity index is 2.17. The van der Waals surface area contributed by atoms with E-state index in [0.29, 0.717) is 12.1 Å². The third-order valence-electron chi connectivity index (χ3n) is 3.24. The molecule has 2 unspecified atom stereocenters. The molecule has 0 saturated carbocycles. The summed E-state index contributed by atoms with van der Waals surface area (Å²) in [5, 5.41) is 4.15. The van der Waals surface area contributed by atoms with Crippen LogP contribution in [0.3, 0.4) is 0 Å². The van der Waals surface area contributed by atoms with E-state index in [1.807, 2.05) is 31.5 Å². The van der Waals surface area contributed by atoms with Gasteiger partial charge in [0.1, 0.15) is 5.82 Å². The molecule has 0 radical (unpaired) electrons. The van der Waals surface area contributed by atoms with Gasteiger partial charge in [0.2, 0.25) is 0 Å². The van der Waals surface area contributed by atoms with Gasteiger partial charge in [-0.05, 0) is 42.4 Å². The van der Waals surface area contributed by atoms with Crippen molar-refractivity contribution in [2.24, 2.45) is 5.73 Å². The van der Waals surface area contributed by atoms with Gasteiger partial charge in [0.25, 0.3) is 0 Å². The van der Waals surface area contributed by atoms with Crippen LogP contribution in [0.4, 0.5) is 4.39 Å². The third kappa shape index (κ3) is 3.41. The van der Waals surface area contributed by atoms with Gasteiger partial charge in [0.05, 0.1) is 6.04 Å². The average Bonchev–Trinajstić information content (AvgIpc) is 2.85. The largest absolute Gasteiger partial charge is 0.326 e. The topological polar surface area (TPSA) is 29.3 Å². The van der Waals surface area contributed by atoms with Crippen LogP contribution in [0, 0.1) is 5.82 Å². The molecule has 102 valence electrons. The van der Waals surface area contributed by atoms with Crippen LogP contribution in [-0.4, -0.2) is 18.0 Å². The first-order valence-corrected chi connectivity index (χ1v) is 7.25. The van der Waals surface area contributed by atoms with E-state index in [1.54, 1.807) is 17.4 Å². The first-order valence-electron chi connectivity index (χ1n) is 6.31. The molecule has 1 heterocycles. The molecule has 0 aliphatic carbocycles. The van der Waals surface area contributed by atoms with Gasteiger partial charge in [-0.25, -0.2) is 4.39 Å². The maximum atomic E-state index is 13.7. The molecule has 0 amide bonds. The first kappa shape index (κ1) is 14.2. The van der Waals surface area contributed by atoms with E-state index in [0.717, 1.165) is 0 Å². The molecule has 0 fully saturated rings. The van der Waals surface area contributed by atoms with Gasteiger partial charge in [-0.3, -0.25) is 4.90 Å². The smallest absolute Gasteiger partial charge is 0.127 e. The van der Waals surface area contributed by atoms with Crippen LogP contribution in [-0.2, 0) is 6.54 Å². The van der Waals surface area contributed by atoms with Gasteiger partial charge < -0.3 is 5.73 Å². The van der Waals surface area contributed by atoms with E-state index in [9.17, 15) is 4.39 Å². The summed E-state index contributed by atoms with van der Waals surface area (Å²) in [5.74, 6) is -0.164. The molecular weight excluding hydrogens is 259 g/mol. The number of halogens is 1. The Morgan fingerprint density at radius 3 is 2.63 bits per heavy atom. The van der Waals surface area contributed by atoms with Gasteiger partial charge in [-0.1, -0.05) is 18.2 Å². The van der Waals surface area contributed by atoms with E-state index in [-0.39, 0.29) is 17.9 Å². The van der Waals surface area contributed by atoms with Crippen molar-refractivity contribution in [3.63, 3.8) is 0 Å². The minimum atomic E-state index is -0.164. The van der Waals surface area contributed by atoms with Crippen LogP contribution in [0.2, 0.25) is 0 Å². The van der Waals surface area contributed by atoms with Crippen LogP contribution in [0.25, 0.3) is 0 Å². The molecule has 2 atom stereocenters. The van der Waals surface area contributed by atoms with Crippen LogP contribution in [0.5, 0.6) is 0 Å². The molecular formula is C15H19FN2S. The second-order valence-electron chi connectivity index (χ2n) is 4.87. The second kappa shape index (κ2) is 6.28. The van der Waals surface area contributed by atoms with E-state index in [2.05, 4.69) is 16.3 Å². The highest BCUT2D eigenvalue weighted by molar-refractivity contribution is 7.07. The normalized spacial score (nSPS) is 14.6. The number of rotatable bonds is 5. The molecule has 2 rings (SSSR count). The summed E-state index contributed by atoms with van der Waals surface area (Å²) in [4.78, 5) is 2.10. The minimum absolute atomic E-state index is 0.00799. The van der Waals surface area contributed by atoms with Gasteiger partial charge in [-0.2, -0.15) is 11.3 Å². The van der Waals surface area contributed by atoms with Crippen molar-refractivity contribution in [1.29, 1.82) is 0 Å². The van der Waals surface area contributed by atoms with Crippen LogP contribution < -0.4 is 5.73 Å². The lowest BCUT2D eigenvalue weighted by molar-refractivity contribution is 0.209. The third-order valence-corrected chi connectivity index (χ3v) is 3.94. The molecule has 0 aliphatic heterocycles. The number of benzene rings is 1. The molecule has 1 aromatic carbocycles. The molecule has 0 saturated heterocycles. The van der Waals surface area contributed by atoms with E-state index < -0.39 is 0 Å². The second-order valence-corrected chi connectivity index (χ2v) is 5.65. The lowest BCUT2D eigenvalue weighted by Gasteiger charge is -2.30. The van der Waals surface area contributed by atoms with Crippen molar-refractivity contribution >= 4 is 11.3 Å². The first-order chi connectivity index (χ1) is 9.09. The fraction of sp³-hybridized carbons (Fsp3) is 0.333. The zero-order valence-corrected chi connectivity index (χ0v) is 12.0. The van der Waals surface area contributed by atoms with Crippen molar-refractivity contribution in [1.82, 2.24) is 4.90 Å². The zero-order chi connectivity index (χ0) is 13.8. The number of nitrogens with two attached hydrogens (primary N) is 1. The van der Waals surface area contributed by atoms with Crippen molar-refractivity contribution in [2.45, 2.75) is 25.6 Å².